The lowest BCUT2D eigenvalue weighted by Crippen LogP contribution is -2.23. The minimum absolute atomic E-state index is 0.274. The molecule has 3 rings (SSSR count). The van der Waals surface area contributed by atoms with Gasteiger partial charge in [0.1, 0.15) is 0 Å². The van der Waals surface area contributed by atoms with Crippen LogP contribution >= 0.6 is 0 Å². The SMILES string of the molecule is C[C@H](c1ccccc1)N1CC1C(O)Cc1ccccc1. The summed E-state index contributed by atoms with van der Waals surface area (Å²) < 4.78 is 0. The van der Waals surface area contributed by atoms with Crippen LogP contribution in [0.4, 0.5) is 0 Å². The molecule has 0 saturated carbocycles. The van der Waals surface area contributed by atoms with Gasteiger partial charge in [-0.25, -0.2) is 0 Å². The van der Waals surface area contributed by atoms with E-state index in [0.717, 1.165) is 13.0 Å². The van der Waals surface area contributed by atoms with Crippen molar-refractivity contribution >= 4 is 0 Å². The van der Waals surface area contributed by atoms with Gasteiger partial charge >= 0.3 is 0 Å². The fraction of sp³-hybridized carbons (Fsp3) is 0.333. The third-order valence-corrected chi connectivity index (χ3v) is 4.20. The molecule has 1 aliphatic rings. The van der Waals surface area contributed by atoms with E-state index in [1.54, 1.807) is 0 Å². The molecule has 0 amide bonds. The summed E-state index contributed by atoms with van der Waals surface area (Å²) in [4.78, 5) is 2.36. The number of benzene rings is 2. The van der Waals surface area contributed by atoms with Gasteiger partial charge in [-0.05, 0) is 24.5 Å². The molecule has 0 aromatic heterocycles. The van der Waals surface area contributed by atoms with Crippen molar-refractivity contribution in [2.24, 2.45) is 0 Å². The van der Waals surface area contributed by atoms with Gasteiger partial charge in [0.05, 0.1) is 6.10 Å². The first-order chi connectivity index (χ1) is 9.75. The molecule has 2 aromatic rings. The number of aliphatic hydroxyl groups excluding tert-OH is 1. The predicted molar refractivity (Wildman–Crippen MR) is 81.5 cm³/mol. The van der Waals surface area contributed by atoms with Gasteiger partial charge in [-0.15, -0.1) is 0 Å². The van der Waals surface area contributed by atoms with Gasteiger partial charge in [-0.3, -0.25) is 4.90 Å². The average molecular weight is 267 g/mol. The van der Waals surface area contributed by atoms with Crippen LogP contribution in [0.25, 0.3) is 0 Å². The first-order valence-corrected chi connectivity index (χ1v) is 7.28. The normalized spacial score (nSPS) is 24.1. The lowest BCUT2D eigenvalue weighted by molar-refractivity contribution is 0.149. The second-order valence-corrected chi connectivity index (χ2v) is 5.61. The third-order valence-electron chi connectivity index (χ3n) is 4.20. The number of hydrogen-bond donors (Lipinski definition) is 1. The van der Waals surface area contributed by atoms with E-state index in [9.17, 15) is 5.11 Å². The smallest absolute Gasteiger partial charge is 0.0748 e. The summed E-state index contributed by atoms with van der Waals surface area (Å²) in [5, 5.41) is 10.4. The maximum atomic E-state index is 10.4. The molecular weight excluding hydrogens is 246 g/mol. The molecule has 2 heteroatoms. The Balaban J connectivity index is 1.59. The molecule has 0 aliphatic carbocycles. The van der Waals surface area contributed by atoms with Crippen LogP contribution in [0, 0.1) is 0 Å². The molecule has 3 unspecified atom stereocenters. The van der Waals surface area contributed by atoms with E-state index < -0.39 is 0 Å². The van der Waals surface area contributed by atoms with Crippen molar-refractivity contribution in [2.75, 3.05) is 6.54 Å². The van der Waals surface area contributed by atoms with Crippen LogP contribution in [0.3, 0.4) is 0 Å². The minimum Gasteiger partial charge on any atom is -0.391 e. The van der Waals surface area contributed by atoms with Crippen LogP contribution in [0.5, 0.6) is 0 Å². The molecule has 2 nitrogen and oxygen atoms in total. The summed E-state index contributed by atoms with van der Waals surface area (Å²) in [7, 11) is 0. The van der Waals surface area contributed by atoms with Crippen molar-refractivity contribution in [3.63, 3.8) is 0 Å². The van der Waals surface area contributed by atoms with Crippen molar-refractivity contribution in [1.82, 2.24) is 4.90 Å². The largest absolute Gasteiger partial charge is 0.391 e. The van der Waals surface area contributed by atoms with Crippen LogP contribution in [0.1, 0.15) is 24.1 Å². The zero-order chi connectivity index (χ0) is 13.9. The highest BCUT2D eigenvalue weighted by Crippen LogP contribution is 2.34. The number of aliphatic hydroxyl groups is 1. The highest BCUT2D eigenvalue weighted by molar-refractivity contribution is 5.22. The van der Waals surface area contributed by atoms with Crippen LogP contribution in [-0.2, 0) is 6.42 Å². The molecule has 0 radical (unpaired) electrons. The van der Waals surface area contributed by atoms with Crippen LogP contribution in [0.2, 0.25) is 0 Å². The molecule has 1 N–H and O–H groups in total. The van der Waals surface area contributed by atoms with Crippen molar-refractivity contribution in [1.29, 1.82) is 0 Å². The fourth-order valence-electron chi connectivity index (χ4n) is 2.87. The Morgan fingerprint density at radius 2 is 1.65 bits per heavy atom. The molecule has 1 saturated heterocycles. The lowest BCUT2D eigenvalue weighted by Gasteiger charge is -2.17. The van der Waals surface area contributed by atoms with E-state index in [0.29, 0.717) is 12.1 Å². The molecule has 2 aromatic carbocycles. The summed E-state index contributed by atoms with van der Waals surface area (Å²) in [5.41, 5.74) is 2.53. The van der Waals surface area contributed by atoms with Gasteiger partial charge in [-0.1, -0.05) is 60.7 Å². The van der Waals surface area contributed by atoms with Gasteiger partial charge in [0.2, 0.25) is 0 Å². The second-order valence-electron chi connectivity index (χ2n) is 5.61. The zero-order valence-electron chi connectivity index (χ0n) is 11.8. The van der Waals surface area contributed by atoms with Gasteiger partial charge < -0.3 is 5.11 Å². The van der Waals surface area contributed by atoms with Crippen molar-refractivity contribution in [2.45, 2.75) is 31.5 Å². The summed E-state index contributed by atoms with van der Waals surface area (Å²) in [6.07, 6.45) is 0.465. The summed E-state index contributed by atoms with van der Waals surface area (Å²) in [6.45, 7) is 3.20. The van der Waals surface area contributed by atoms with Gasteiger partial charge in [0.15, 0.2) is 0 Å². The maximum absolute atomic E-state index is 10.4. The predicted octanol–water partition coefficient (Wildman–Crippen LogP) is 3.04. The standard InChI is InChI=1S/C18H21NO/c1-14(16-10-6-3-7-11-16)19-13-17(19)18(20)12-15-8-4-2-5-9-15/h2-11,14,17-18,20H,12-13H2,1H3/t14-,17?,18?,19?/m1/s1. The summed E-state index contributed by atoms with van der Waals surface area (Å²) in [6, 6.07) is 21.4. The highest BCUT2D eigenvalue weighted by Gasteiger charge is 2.42. The van der Waals surface area contributed by atoms with Crippen LogP contribution in [-0.4, -0.2) is 28.7 Å². The number of hydrogen-bond acceptors (Lipinski definition) is 2. The molecule has 0 spiro atoms. The first-order valence-electron chi connectivity index (χ1n) is 7.28. The Labute approximate surface area is 120 Å². The zero-order valence-corrected chi connectivity index (χ0v) is 11.8. The Bertz CT molecular complexity index is 540. The molecular formula is C18H21NO. The van der Waals surface area contributed by atoms with E-state index in [1.165, 1.54) is 11.1 Å². The Hall–Kier alpha value is -1.64. The lowest BCUT2D eigenvalue weighted by atomic mass is 10.1. The van der Waals surface area contributed by atoms with E-state index in [1.807, 2.05) is 24.3 Å². The summed E-state index contributed by atoms with van der Waals surface area (Å²) in [5.74, 6) is 0. The Morgan fingerprint density at radius 3 is 2.30 bits per heavy atom. The molecule has 20 heavy (non-hydrogen) atoms. The molecule has 1 aliphatic heterocycles. The first kappa shape index (κ1) is 13.3. The van der Waals surface area contributed by atoms with Crippen molar-refractivity contribution < 1.29 is 5.11 Å². The average Bonchev–Trinajstić information content (AvgIpc) is 3.29. The molecule has 104 valence electrons. The van der Waals surface area contributed by atoms with E-state index in [2.05, 4.69) is 48.2 Å². The van der Waals surface area contributed by atoms with Crippen molar-refractivity contribution in [3.8, 4) is 0 Å². The molecule has 0 bridgehead atoms. The Morgan fingerprint density at radius 1 is 1.05 bits per heavy atom. The van der Waals surface area contributed by atoms with Crippen LogP contribution in [0.15, 0.2) is 60.7 Å². The maximum Gasteiger partial charge on any atom is 0.0748 e. The monoisotopic (exact) mass is 267 g/mol. The highest BCUT2D eigenvalue weighted by atomic mass is 16.3. The quantitative estimate of drug-likeness (QED) is 0.842. The Kier molecular flexibility index (Phi) is 3.86. The van der Waals surface area contributed by atoms with Gasteiger partial charge in [0, 0.05) is 18.6 Å². The third kappa shape index (κ3) is 2.92. The van der Waals surface area contributed by atoms with Gasteiger partial charge in [-0.2, -0.15) is 0 Å². The fourth-order valence-corrected chi connectivity index (χ4v) is 2.87. The summed E-state index contributed by atoms with van der Waals surface area (Å²) >= 11 is 0. The second kappa shape index (κ2) is 5.78. The van der Waals surface area contributed by atoms with E-state index in [-0.39, 0.29) is 6.10 Å². The molecule has 1 heterocycles. The van der Waals surface area contributed by atoms with Crippen LogP contribution < -0.4 is 0 Å². The molecule has 1 fully saturated rings. The number of rotatable bonds is 5. The minimum atomic E-state index is -0.274. The van der Waals surface area contributed by atoms with Gasteiger partial charge in [0.25, 0.3) is 0 Å². The van der Waals surface area contributed by atoms with E-state index >= 15 is 0 Å². The topological polar surface area (TPSA) is 23.2 Å². The number of nitrogens with zero attached hydrogens (tertiary/aromatic N) is 1. The van der Waals surface area contributed by atoms with E-state index in [4.69, 9.17) is 0 Å². The molecule has 4 atom stereocenters. The van der Waals surface area contributed by atoms with Crippen molar-refractivity contribution in [3.05, 3.63) is 71.8 Å².